The topological polar surface area (TPSA) is 35.2 Å². The van der Waals surface area contributed by atoms with Crippen LogP contribution in [0.5, 0.6) is 5.75 Å². The molecule has 1 fully saturated rings. The number of nitrogens with two attached hydrogens (primary N) is 1. The first kappa shape index (κ1) is 13.3. The van der Waals surface area contributed by atoms with E-state index in [-0.39, 0.29) is 17.9 Å². The first-order valence-corrected chi connectivity index (χ1v) is 6.04. The van der Waals surface area contributed by atoms with E-state index < -0.39 is 0 Å². The summed E-state index contributed by atoms with van der Waals surface area (Å²) in [6.07, 6.45) is 2.14. The van der Waals surface area contributed by atoms with Gasteiger partial charge in [0, 0.05) is 8.95 Å². The van der Waals surface area contributed by atoms with E-state index in [0.29, 0.717) is 6.61 Å². The Kier molecular flexibility index (Phi) is 4.47. The number of benzene rings is 1. The highest BCUT2D eigenvalue weighted by Gasteiger charge is 2.39. The first-order valence-electron chi connectivity index (χ1n) is 4.45. The minimum atomic E-state index is -0.0607. The molecule has 0 aromatic heterocycles. The molecule has 0 spiro atoms. The zero-order valence-electron chi connectivity index (χ0n) is 8.00. The Balaban J connectivity index is 0.00000112. The van der Waals surface area contributed by atoms with E-state index in [4.69, 9.17) is 10.5 Å². The van der Waals surface area contributed by atoms with Crippen LogP contribution < -0.4 is 10.5 Å². The van der Waals surface area contributed by atoms with Gasteiger partial charge in [-0.25, -0.2) is 0 Å². The number of rotatable bonds is 3. The van der Waals surface area contributed by atoms with Gasteiger partial charge < -0.3 is 10.5 Å². The lowest BCUT2D eigenvalue weighted by Crippen LogP contribution is -2.29. The van der Waals surface area contributed by atoms with Crippen molar-refractivity contribution in [3.63, 3.8) is 0 Å². The van der Waals surface area contributed by atoms with Gasteiger partial charge >= 0.3 is 0 Å². The molecule has 0 unspecified atom stereocenters. The minimum absolute atomic E-state index is 0. The largest absolute Gasteiger partial charge is 0.492 e. The van der Waals surface area contributed by atoms with Crippen LogP contribution in [0.1, 0.15) is 12.8 Å². The summed E-state index contributed by atoms with van der Waals surface area (Å²) in [6, 6.07) is 5.86. The Hall–Kier alpha value is 0.230. The number of halogens is 3. The molecule has 0 amide bonds. The molecule has 15 heavy (non-hydrogen) atoms. The third-order valence-corrected chi connectivity index (χ3v) is 3.17. The van der Waals surface area contributed by atoms with Gasteiger partial charge in [-0.3, -0.25) is 0 Å². The van der Waals surface area contributed by atoms with Crippen LogP contribution in [0.25, 0.3) is 0 Å². The molecule has 1 aliphatic carbocycles. The lowest BCUT2D eigenvalue weighted by molar-refractivity contribution is 0.279. The molecule has 2 N–H and O–H groups in total. The van der Waals surface area contributed by atoms with Crippen molar-refractivity contribution in [2.45, 2.75) is 18.4 Å². The smallest absolute Gasteiger partial charge is 0.121 e. The average molecular weight is 357 g/mol. The van der Waals surface area contributed by atoms with E-state index in [0.717, 1.165) is 27.5 Å². The molecule has 0 heterocycles. The predicted octanol–water partition coefficient (Wildman–Crippen LogP) is 3.50. The van der Waals surface area contributed by atoms with E-state index in [2.05, 4.69) is 31.9 Å². The van der Waals surface area contributed by atoms with Crippen LogP contribution in [0.4, 0.5) is 0 Å². The second-order valence-corrected chi connectivity index (χ2v) is 5.59. The maximum absolute atomic E-state index is 5.92. The zero-order valence-corrected chi connectivity index (χ0v) is 12.0. The molecule has 0 saturated heterocycles. The van der Waals surface area contributed by atoms with Gasteiger partial charge in [-0.1, -0.05) is 31.9 Å². The Morgan fingerprint density at radius 3 is 2.20 bits per heavy atom. The molecule has 0 atom stereocenters. The summed E-state index contributed by atoms with van der Waals surface area (Å²) >= 11 is 6.82. The van der Waals surface area contributed by atoms with E-state index in [1.54, 1.807) is 0 Å². The van der Waals surface area contributed by atoms with Gasteiger partial charge in [0.05, 0.1) is 5.54 Å². The number of hydrogen-bond acceptors (Lipinski definition) is 2. The van der Waals surface area contributed by atoms with E-state index >= 15 is 0 Å². The third-order valence-electron chi connectivity index (χ3n) is 2.25. The van der Waals surface area contributed by atoms with Crippen molar-refractivity contribution >= 4 is 44.3 Å². The fourth-order valence-electron chi connectivity index (χ4n) is 1.14. The van der Waals surface area contributed by atoms with E-state index in [9.17, 15) is 0 Å². The van der Waals surface area contributed by atoms with Crippen LogP contribution in [0, 0.1) is 0 Å². The monoisotopic (exact) mass is 355 g/mol. The molecule has 2 nitrogen and oxygen atoms in total. The zero-order chi connectivity index (χ0) is 10.2. The molecular weight excluding hydrogens is 345 g/mol. The van der Waals surface area contributed by atoms with Gasteiger partial charge in [0.15, 0.2) is 0 Å². The molecule has 1 aromatic rings. The number of hydrogen-bond donors (Lipinski definition) is 1. The summed E-state index contributed by atoms with van der Waals surface area (Å²) < 4.78 is 7.62. The maximum atomic E-state index is 5.92. The number of ether oxygens (including phenoxy) is 1. The van der Waals surface area contributed by atoms with Gasteiger partial charge in [0.25, 0.3) is 0 Å². The van der Waals surface area contributed by atoms with Gasteiger partial charge in [0.2, 0.25) is 0 Å². The summed E-state index contributed by atoms with van der Waals surface area (Å²) in [6.45, 7) is 0.607. The third kappa shape index (κ3) is 3.94. The molecule has 5 heteroatoms. The van der Waals surface area contributed by atoms with Crippen molar-refractivity contribution in [2.75, 3.05) is 6.61 Å². The molecule has 1 saturated carbocycles. The maximum Gasteiger partial charge on any atom is 0.121 e. The van der Waals surface area contributed by atoms with Gasteiger partial charge in [0.1, 0.15) is 12.4 Å². The summed E-state index contributed by atoms with van der Waals surface area (Å²) in [5, 5.41) is 0. The van der Waals surface area contributed by atoms with Gasteiger partial charge in [-0.15, -0.1) is 12.4 Å². The van der Waals surface area contributed by atoms with Crippen LogP contribution in [0.3, 0.4) is 0 Å². The van der Waals surface area contributed by atoms with Crippen molar-refractivity contribution in [1.29, 1.82) is 0 Å². The van der Waals surface area contributed by atoms with Crippen LogP contribution in [-0.4, -0.2) is 12.1 Å². The Labute approximate surface area is 112 Å². The average Bonchev–Trinajstić information content (AvgIpc) is 2.80. The minimum Gasteiger partial charge on any atom is -0.492 e. The molecule has 0 aliphatic heterocycles. The Morgan fingerprint density at radius 1 is 1.20 bits per heavy atom. The summed E-state index contributed by atoms with van der Waals surface area (Å²) in [7, 11) is 0. The predicted molar refractivity (Wildman–Crippen MR) is 70.7 cm³/mol. The fraction of sp³-hybridized carbons (Fsp3) is 0.400. The lowest BCUT2D eigenvalue weighted by Gasteiger charge is -2.11. The Morgan fingerprint density at radius 2 is 1.73 bits per heavy atom. The fourth-order valence-corrected chi connectivity index (χ4v) is 2.40. The highest BCUT2D eigenvalue weighted by atomic mass is 79.9. The van der Waals surface area contributed by atoms with Crippen LogP contribution >= 0.6 is 44.3 Å². The second-order valence-electron chi connectivity index (χ2n) is 3.76. The van der Waals surface area contributed by atoms with Crippen LogP contribution in [0.15, 0.2) is 27.1 Å². The molecule has 2 rings (SSSR count). The molecule has 1 aromatic carbocycles. The van der Waals surface area contributed by atoms with Crippen molar-refractivity contribution in [2.24, 2.45) is 5.73 Å². The van der Waals surface area contributed by atoms with E-state index in [1.807, 2.05) is 18.2 Å². The molecule has 84 valence electrons. The Bertz CT molecular complexity index is 335. The molecule has 0 radical (unpaired) electrons. The van der Waals surface area contributed by atoms with Crippen molar-refractivity contribution in [1.82, 2.24) is 0 Å². The lowest BCUT2D eigenvalue weighted by atomic mass is 10.3. The SMILES string of the molecule is Cl.NC1(COc2cc(Br)cc(Br)c2)CC1. The second kappa shape index (κ2) is 5.04. The normalized spacial score (nSPS) is 16.7. The summed E-state index contributed by atoms with van der Waals surface area (Å²) in [5.74, 6) is 0.850. The quantitative estimate of drug-likeness (QED) is 0.899. The standard InChI is InChI=1S/C10H11Br2NO.ClH/c11-7-3-8(12)5-9(4-7)14-6-10(13)1-2-10;/h3-5H,1-2,6,13H2;1H. The summed E-state index contributed by atoms with van der Waals surface area (Å²) in [4.78, 5) is 0. The molecular formula is C10H12Br2ClNO. The van der Waals surface area contributed by atoms with Crippen LogP contribution in [-0.2, 0) is 0 Å². The highest BCUT2D eigenvalue weighted by Crippen LogP contribution is 2.33. The van der Waals surface area contributed by atoms with Crippen molar-refractivity contribution in [3.8, 4) is 5.75 Å². The first-order chi connectivity index (χ1) is 6.57. The molecule has 1 aliphatic rings. The van der Waals surface area contributed by atoms with Crippen LogP contribution in [0.2, 0.25) is 0 Å². The highest BCUT2D eigenvalue weighted by molar-refractivity contribution is 9.11. The van der Waals surface area contributed by atoms with E-state index in [1.165, 1.54) is 0 Å². The van der Waals surface area contributed by atoms with Gasteiger partial charge in [-0.05, 0) is 31.0 Å². The van der Waals surface area contributed by atoms with Gasteiger partial charge in [-0.2, -0.15) is 0 Å². The van der Waals surface area contributed by atoms with Crippen molar-refractivity contribution in [3.05, 3.63) is 27.1 Å². The van der Waals surface area contributed by atoms with Crippen molar-refractivity contribution < 1.29 is 4.74 Å². The summed E-state index contributed by atoms with van der Waals surface area (Å²) in [5.41, 5.74) is 5.86. The molecule has 0 bridgehead atoms.